The highest BCUT2D eigenvalue weighted by atomic mass is 32.2. The summed E-state index contributed by atoms with van der Waals surface area (Å²) in [7, 11) is 1.57. The topological polar surface area (TPSA) is 55.6 Å². The van der Waals surface area contributed by atoms with Crippen molar-refractivity contribution < 1.29 is 9.53 Å². The average molecular weight is 280 g/mol. The molecule has 104 valence electrons. The lowest BCUT2D eigenvalue weighted by Gasteiger charge is -2.37. The fraction of sp³-hybridized carbons (Fsp3) is 0.500. The van der Waals surface area contributed by atoms with Crippen molar-refractivity contribution in [2.75, 3.05) is 31.7 Å². The van der Waals surface area contributed by atoms with Crippen LogP contribution in [0.2, 0.25) is 0 Å². The van der Waals surface area contributed by atoms with Gasteiger partial charge in [0, 0.05) is 29.2 Å². The summed E-state index contributed by atoms with van der Waals surface area (Å²) < 4.78 is 5.22. The molecule has 1 heterocycles. The molecular formula is C14H20N2O2S. The largest absolute Gasteiger partial charge is 0.495 e. The maximum absolute atomic E-state index is 12.5. The maximum Gasteiger partial charge on any atom is 0.254 e. The summed E-state index contributed by atoms with van der Waals surface area (Å²) in [4.78, 5) is 14.4. The molecule has 0 bridgehead atoms. The Hall–Kier alpha value is -1.36. The summed E-state index contributed by atoms with van der Waals surface area (Å²) in [5.41, 5.74) is 6.98. The zero-order valence-electron chi connectivity index (χ0n) is 11.6. The van der Waals surface area contributed by atoms with Gasteiger partial charge in [0.1, 0.15) is 5.75 Å². The second kappa shape index (κ2) is 5.33. The van der Waals surface area contributed by atoms with E-state index in [-0.39, 0.29) is 10.7 Å². The number of hydrogen-bond donors (Lipinski definition) is 1. The molecule has 1 aliphatic heterocycles. The van der Waals surface area contributed by atoms with Crippen molar-refractivity contribution in [1.82, 2.24) is 4.90 Å². The number of ether oxygens (including phenoxy) is 1. The van der Waals surface area contributed by atoms with Crippen LogP contribution in [0.4, 0.5) is 5.69 Å². The van der Waals surface area contributed by atoms with E-state index >= 15 is 0 Å². The Kier molecular flexibility index (Phi) is 3.94. The molecule has 1 saturated heterocycles. The quantitative estimate of drug-likeness (QED) is 0.844. The molecule has 0 unspecified atom stereocenters. The zero-order chi connectivity index (χ0) is 14.0. The Morgan fingerprint density at radius 2 is 2.21 bits per heavy atom. The van der Waals surface area contributed by atoms with Gasteiger partial charge in [-0.15, -0.1) is 0 Å². The van der Waals surface area contributed by atoms with E-state index < -0.39 is 0 Å². The normalized spacial score (nSPS) is 18.2. The number of thioether (sulfide) groups is 1. The first kappa shape index (κ1) is 14.1. The molecule has 1 amide bonds. The molecule has 1 aromatic rings. The second-order valence-electron chi connectivity index (χ2n) is 5.29. The molecule has 2 rings (SSSR count). The Morgan fingerprint density at radius 1 is 1.47 bits per heavy atom. The molecule has 1 aromatic carbocycles. The van der Waals surface area contributed by atoms with E-state index in [0.717, 1.165) is 18.8 Å². The van der Waals surface area contributed by atoms with Gasteiger partial charge in [-0.2, -0.15) is 11.8 Å². The molecule has 5 heteroatoms. The molecule has 0 atom stereocenters. The van der Waals surface area contributed by atoms with Crippen molar-refractivity contribution in [3.63, 3.8) is 0 Å². The zero-order valence-corrected chi connectivity index (χ0v) is 12.4. The predicted molar refractivity (Wildman–Crippen MR) is 79.8 cm³/mol. The van der Waals surface area contributed by atoms with Crippen molar-refractivity contribution in [2.24, 2.45) is 0 Å². The van der Waals surface area contributed by atoms with E-state index in [1.165, 1.54) is 0 Å². The van der Waals surface area contributed by atoms with Crippen LogP contribution in [0.15, 0.2) is 18.2 Å². The number of rotatable bonds is 2. The molecule has 1 fully saturated rings. The third-order valence-electron chi connectivity index (χ3n) is 3.19. The van der Waals surface area contributed by atoms with Crippen LogP contribution in [0.25, 0.3) is 0 Å². The van der Waals surface area contributed by atoms with Gasteiger partial charge < -0.3 is 15.4 Å². The maximum atomic E-state index is 12.5. The molecule has 0 aromatic heterocycles. The summed E-state index contributed by atoms with van der Waals surface area (Å²) in [5.74, 6) is 1.62. The van der Waals surface area contributed by atoms with Crippen molar-refractivity contribution >= 4 is 23.4 Å². The summed E-state index contributed by atoms with van der Waals surface area (Å²) in [6.45, 7) is 5.89. The molecular weight excluding hydrogens is 260 g/mol. The van der Waals surface area contributed by atoms with Crippen molar-refractivity contribution in [1.29, 1.82) is 0 Å². The number of carbonyl (C=O) groups is 1. The molecule has 0 radical (unpaired) electrons. The fourth-order valence-corrected chi connectivity index (χ4v) is 3.35. The first-order chi connectivity index (χ1) is 8.93. The van der Waals surface area contributed by atoms with Crippen LogP contribution in [0.3, 0.4) is 0 Å². The van der Waals surface area contributed by atoms with Gasteiger partial charge in [0.2, 0.25) is 0 Å². The number of nitrogens with two attached hydrogens (primary N) is 1. The lowest BCUT2D eigenvalue weighted by Crippen LogP contribution is -2.46. The van der Waals surface area contributed by atoms with Gasteiger partial charge in [0.25, 0.3) is 5.91 Å². The highest BCUT2D eigenvalue weighted by molar-refractivity contribution is 8.00. The predicted octanol–water partition coefficient (Wildman–Crippen LogP) is 2.25. The molecule has 1 aliphatic rings. The number of methoxy groups -OCH3 is 1. The summed E-state index contributed by atoms with van der Waals surface area (Å²) in [6.07, 6.45) is 0. The number of nitrogens with zero attached hydrogens (tertiary/aromatic N) is 1. The van der Waals surface area contributed by atoms with Gasteiger partial charge in [-0.25, -0.2) is 0 Å². The van der Waals surface area contributed by atoms with Crippen LogP contribution in [0.1, 0.15) is 24.2 Å². The Morgan fingerprint density at radius 3 is 2.79 bits per heavy atom. The van der Waals surface area contributed by atoms with E-state index in [9.17, 15) is 4.79 Å². The van der Waals surface area contributed by atoms with Crippen LogP contribution in [0, 0.1) is 0 Å². The van der Waals surface area contributed by atoms with Gasteiger partial charge in [-0.05, 0) is 32.0 Å². The summed E-state index contributed by atoms with van der Waals surface area (Å²) in [6, 6.07) is 5.20. The number of benzene rings is 1. The smallest absolute Gasteiger partial charge is 0.254 e. The molecule has 0 spiro atoms. The van der Waals surface area contributed by atoms with Crippen molar-refractivity contribution in [3.05, 3.63) is 23.8 Å². The van der Waals surface area contributed by atoms with Crippen LogP contribution in [-0.4, -0.2) is 41.5 Å². The summed E-state index contributed by atoms with van der Waals surface area (Å²) >= 11 is 1.91. The van der Waals surface area contributed by atoms with Crippen LogP contribution >= 0.6 is 11.8 Å². The van der Waals surface area contributed by atoms with E-state index in [1.807, 2.05) is 16.7 Å². The average Bonchev–Trinajstić information content (AvgIpc) is 2.36. The Labute approximate surface area is 118 Å². The third kappa shape index (κ3) is 3.15. The van der Waals surface area contributed by atoms with Crippen molar-refractivity contribution in [2.45, 2.75) is 18.6 Å². The molecule has 0 saturated carbocycles. The Bertz CT molecular complexity index is 488. The minimum atomic E-state index is 0.0442. The van der Waals surface area contributed by atoms with Crippen LogP contribution in [-0.2, 0) is 0 Å². The van der Waals surface area contributed by atoms with Gasteiger partial charge in [0.05, 0.1) is 12.8 Å². The van der Waals surface area contributed by atoms with Crippen LogP contribution < -0.4 is 10.5 Å². The van der Waals surface area contributed by atoms with Crippen molar-refractivity contribution in [3.8, 4) is 5.75 Å². The lowest BCUT2D eigenvalue weighted by molar-refractivity contribution is 0.0748. The minimum absolute atomic E-state index is 0.0442. The number of carbonyl (C=O) groups excluding carboxylic acids is 1. The van der Waals surface area contributed by atoms with E-state index in [1.54, 1.807) is 25.3 Å². The first-order valence-electron chi connectivity index (χ1n) is 6.30. The highest BCUT2D eigenvalue weighted by Gasteiger charge is 2.30. The van der Waals surface area contributed by atoms with Gasteiger partial charge in [0.15, 0.2) is 0 Å². The molecule has 2 N–H and O–H groups in total. The standard InChI is InChI=1S/C14H20N2O2S/c1-14(2)9-16(6-7-19-14)13(17)10-4-5-12(18-3)11(15)8-10/h4-5,8H,6-7,9,15H2,1-3H3. The molecule has 19 heavy (non-hydrogen) atoms. The number of anilines is 1. The summed E-state index contributed by atoms with van der Waals surface area (Å²) in [5, 5.41) is 0. The highest BCUT2D eigenvalue weighted by Crippen LogP contribution is 2.31. The molecule has 0 aliphatic carbocycles. The molecule has 4 nitrogen and oxygen atoms in total. The van der Waals surface area contributed by atoms with Gasteiger partial charge in [-0.3, -0.25) is 4.79 Å². The van der Waals surface area contributed by atoms with Gasteiger partial charge >= 0.3 is 0 Å². The lowest BCUT2D eigenvalue weighted by atomic mass is 10.1. The van der Waals surface area contributed by atoms with E-state index in [4.69, 9.17) is 10.5 Å². The Balaban J connectivity index is 2.17. The fourth-order valence-electron chi connectivity index (χ4n) is 2.24. The first-order valence-corrected chi connectivity index (χ1v) is 7.28. The third-order valence-corrected chi connectivity index (χ3v) is 4.49. The van der Waals surface area contributed by atoms with Crippen LogP contribution in [0.5, 0.6) is 5.75 Å². The number of amides is 1. The SMILES string of the molecule is COc1ccc(C(=O)N2CCSC(C)(C)C2)cc1N. The second-order valence-corrected chi connectivity index (χ2v) is 7.09. The van der Waals surface area contributed by atoms with E-state index in [0.29, 0.717) is 17.0 Å². The minimum Gasteiger partial charge on any atom is -0.495 e. The number of nitrogen functional groups attached to an aromatic ring is 1. The number of hydrogen-bond acceptors (Lipinski definition) is 4. The van der Waals surface area contributed by atoms with E-state index in [2.05, 4.69) is 13.8 Å². The monoisotopic (exact) mass is 280 g/mol. The van der Waals surface area contributed by atoms with Gasteiger partial charge in [-0.1, -0.05) is 0 Å².